The first-order valence-corrected chi connectivity index (χ1v) is 39.9. The standard InChI is InChI=1S/8Al.18ClH.3FH.4Na.H4O7P2.10H/c;;;;;;;;;;;;;;;;;;;;;;;;;;;;;;;;;1-8(2,3)7-9(4,5)6;;;;;;;;;;/h;;;;;;;;21*1H;;;;;(H2,1,2,3)(H2,4,5,6);;;;;;;;;;/q;;6*+3;;;;;;;;;;;;;;;;;;;;;;;;;;;;;;;;;;;;/p-18. The van der Waals surface area contributed by atoms with Crippen LogP contribution in [0.4, 0.5) is 14.1 Å². The molecular formula is H17Al8Cl18F3Na4O7P2. The minimum atomic E-state index is -5.05. The fourth-order valence-corrected chi connectivity index (χ4v) is 1.25. The van der Waals surface area contributed by atoms with Gasteiger partial charge in [-0.05, 0) is 0 Å². The summed E-state index contributed by atoms with van der Waals surface area (Å²) in [6.07, 6.45) is 0. The molecule has 0 heterocycles. The number of phosphoric acid groups is 2. The van der Waals surface area contributed by atoms with Crippen molar-refractivity contribution < 1.29 is 47.1 Å². The second-order valence-electron chi connectivity index (χ2n) is 2.55. The maximum atomic E-state index is 9.63. The predicted molar refractivity (Wildman–Crippen MR) is 221 cm³/mol. The summed E-state index contributed by atoms with van der Waals surface area (Å²) in [5.41, 5.74) is 0. The van der Waals surface area contributed by atoms with E-state index >= 15 is 0 Å². The van der Waals surface area contributed by atoms with Crippen molar-refractivity contribution in [1.29, 1.82) is 0 Å². The zero-order chi connectivity index (χ0) is 29.2. The topological polar surface area (TPSA) is 124 Å². The van der Waals surface area contributed by atoms with Gasteiger partial charge in [-0.15, -0.1) is 0 Å². The molecule has 0 spiro atoms. The second kappa shape index (κ2) is 78.8. The van der Waals surface area contributed by atoms with Crippen molar-refractivity contribution in [1.82, 2.24) is 0 Å². The molecule has 0 amide bonds. The molecule has 0 aromatic rings. The van der Waals surface area contributed by atoms with Gasteiger partial charge in [-0.1, -0.05) is 0 Å². The van der Waals surface area contributed by atoms with E-state index in [1.54, 1.807) is 0 Å². The van der Waals surface area contributed by atoms with E-state index in [0.717, 1.165) is 0 Å². The van der Waals surface area contributed by atoms with Gasteiger partial charge in [0.2, 0.25) is 0 Å². The minimum absolute atomic E-state index is 0. The molecule has 42 heavy (non-hydrogen) atoms. The summed E-state index contributed by atoms with van der Waals surface area (Å²) in [5, 5.41) is 0. The van der Waals surface area contributed by atoms with Crippen molar-refractivity contribution in [2.45, 2.75) is 0 Å². The van der Waals surface area contributed by atoms with Crippen molar-refractivity contribution in [3.8, 4) is 0 Å². The molecule has 0 rings (SSSR count). The molecule has 0 saturated carbocycles. The molecule has 42 heteroatoms. The number of hydrogen-bond acceptors (Lipinski definition) is 3. The molecule has 0 radical (unpaired) electrons. The molecule has 0 fully saturated rings. The van der Waals surface area contributed by atoms with Crippen LogP contribution in [0.3, 0.4) is 0 Å². The first kappa shape index (κ1) is 106. The Balaban J connectivity index is -0.0000000133. The van der Waals surface area contributed by atoms with Gasteiger partial charge >= 0.3 is 202 Å². The second-order valence-corrected chi connectivity index (χ2v) is 43.8. The van der Waals surface area contributed by atoms with E-state index in [2.05, 4.69) is 4.31 Å². The van der Waals surface area contributed by atoms with Crippen molar-refractivity contribution in [3.05, 3.63) is 0 Å². The van der Waals surface area contributed by atoms with Crippen LogP contribution in [0.15, 0.2) is 0 Å². The molecule has 0 aliphatic carbocycles. The summed E-state index contributed by atoms with van der Waals surface area (Å²) < 4.78 is 22.2. The molecule has 0 bridgehead atoms. The summed E-state index contributed by atoms with van der Waals surface area (Å²) in [4.78, 5) is 31.0. The Hall–Kier alpha value is 13.5. The van der Waals surface area contributed by atoms with Gasteiger partial charge < -0.3 is 19.6 Å². The van der Waals surface area contributed by atoms with Gasteiger partial charge in [0, 0.05) is 0 Å². The van der Waals surface area contributed by atoms with Gasteiger partial charge in [-0.25, -0.2) is 190 Å². The van der Waals surface area contributed by atoms with Gasteiger partial charge in [0.1, 0.15) is 0 Å². The Kier molecular flexibility index (Phi) is 198. The Bertz CT molecular complexity index is 386. The van der Waals surface area contributed by atoms with E-state index < -0.39 is 84.0 Å². The van der Waals surface area contributed by atoms with Crippen LogP contribution in [-0.2, 0) is 13.4 Å². The number of hydrogen-bond donors (Lipinski definition) is 4. The summed E-state index contributed by atoms with van der Waals surface area (Å²) in [5.74, 6) is 0. The van der Waals surface area contributed by atoms with E-state index in [1.807, 2.05) is 0 Å². The van der Waals surface area contributed by atoms with E-state index in [4.69, 9.17) is 200 Å². The zero-order valence-electron chi connectivity index (χ0n) is 15.4. The van der Waals surface area contributed by atoms with Gasteiger partial charge in [-0.3, -0.25) is 14.1 Å². The zero-order valence-corrected chi connectivity index (χ0v) is 37.7. The molecule has 0 aliphatic rings. The van der Waals surface area contributed by atoms with Crippen LogP contribution in [0.5, 0.6) is 0 Å². The van der Waals surface area contributed by atoms with E-state index in [1.165, 1.54) is 0 Å². The summed E-state index contributed by atoms with van der Waals surface area (Å²) in [6, 6.07) is 0. The summed E-state index contributed by atoms with van der Waals surface area (Å²) in [6.45, 7) is 0. The SMILES string of the molecule is F.F.F.O=P(O)(O)OP(=O)(O)O.[AlH3].[AlH3].[Cl][Al]([Cl])[Cl].[Cl][Al]([Cl])[Cl].[Cl][Al]([Cl])[Cl].[Cl][Al]([Cl])[Cl].[Cl][Al]([Cl])[Cl].[Cl][Al]([Cl])[Cl].[NaH].[NaH].[NaH].[NaH]. The van der Waals surface area contributed by atoms with E-state index in [0.29, 0.717) is 0 Å². The van der Waals surface area contributed by atoms with Gasteiger partial charge in [-0.2, -0.15) is 4.31 Å². The van der Waals surface area contributed by atoms with Crippen LogP contribution in [0.2, 0.25) is 0 Å². The summed E-state index contributed by atoms with van der Waals surface area (Å²) in [7, 11) is 78.9. The molecule has 0 aromatic carbocycles. The van der Waals surface area contributed by atoms with Crippen molar-refractivity contribution in [3.63, 3.8) is 0 Å². The third-order valence-corrected chi connectivity index (χ3v) is 1.91. The van der Waals surface area contributed by atoms with E-state index in [9.17, 15) is 9.13 Å². The first-order valence-electron chi connectivity index (χ1n) is 5.46. The third-order valence-electron chi connectivity index (χ3n) is 0.213. The fraction of sp³-hybridized carbons (Fsp3) is 0. The third kappa shape index (κ3) is 387. The van der Waals surface area contributed by atoms with Crippen LogP contribution in [0, 0.1) is 0 Å². The average Bonchev–Trinajstić information content (AvgIpc) is 2.28. The normalized spacial score (nSPS) is 6.81. The van der Waals surface area contributed by atoms with Gasteiger partial charge in [0.15, 0.2) is 34.7 Å². The Morgan fingerprint density at radius 2 is 0.405 bits per heavy atom. The van der Waals surface area contributed by atoms with Crippen LogP contribution < -0.4 is 0 Å². The molecule has 0 atom stereocenters. The number of halogens is 21. The molecule has 0 aromatic heterocycles. The number of rotatable bonds is 2. The summed E-state index contributed by atoms with van der Waals surface area (Å²) >= 11 is -10.3. The predicted octanol–water partition coefficient (Wildman–Crippen LogP) is 4.81. The molecular weight excluding hydrogens is 1180 g/mol. The Morgan fingerprint density at radius 1 is 0.357 bits per heavy atom. The Labute approximate surface area is 453 Å². The van der Waals surface area contributed by atoms with Crippen LogP contribution >= 0.6 is 197 Å². The monoisotopic (exact) mass is 1190 g/mol. The Morgan fingerprint density at radius 3 is 0.405 bits per heavy atom. The maximum absolute atomic E-state index is 9.63. The van der Waals surface area contributed by atoms with Crippen molar-refractivity contribution >= 4 is 418 Å². The first-order chi connectivity index (χ1) is 14.1. The quantitative estimate of drug-likeness (QED) is 0.232. The van der Waals surface area contributed by atoms with Crippen LogP contribution in [-0.4, -0.2) is 241 Å². The van der Waals surface area contributed by atoms with Crippen molar-refractivity contribution in [2.24, 2.45) is 0 Å². The molecule has 7 nitrogen and oxygen atoms in total. The average molecular weight is 1190 g/mol. The molecule has 244 valence electrons. The van der Waals surface area contributed by atoms with Crippen LogP contribution in [0.1, 0.15) is 0 Å². The fourth-order valence-electron chi connectivity index (χ4n) is 0.139. The van der Waals surface area contributed by atoms with Gasteiger partial charge in [0.25, 0.3) is 0 Å². The van der Waals surface area contributed by atoms with Crippen LogP contribution in [0.25, 0.3) is 0 Å². The van der Waals surface area contributed by atoms with Gasteiger partial charge in [0.05, 0.1) is 0 Å². The van der Waals surface area contributed by atoms with Crippen molar-refractivity contribution in [2.75, 3.05) is 0 Å². The molecule has 0 aliphatic heterocycles. The molecule has 0 unspecified atom stereocenters. The molecule has 0 saturated heterocycles. The van der Waals surface area contributed by atoms with E-state index in [-0.39, 0.29) is 167 Å². The molecule has 4 N–H and O–H groups in total.